The molecule has 4 aromatic rings. The molecular formula is C27H27N3O2S. The number of amides is 1. The number of hydrogen-bond acceptors (Lipinski definition) is 4. The second-order valence-electron chi connectivity index (χ2n) is 8.65. The predicted octanol–water partition coefficient (Wildman–Crippen LogP) is 5.51. The summed E-state index contributed by atoms with van der Waals surface area (Å²) in [4.78, 5) is 33.9. The van der Waals surface area contributed by atoms with E-state index in [1.54, 1.807) is 15.9 Å². The van der Waals surface area contributed by atoms with Crippen molar-refractivity contribution in [2.45, 2.75) is 52.5 Å². The molecule has 0 saturated heterocycles. The van der Waals surface area contributed by atoms with E-state index in [0.717, 1.165) is 64.9 Å². The molecule has 2 aromatic carbocycles. The SMILES string of the molecule is CCc1ccccc1NC(=O)Cn1c(-c2cccc(C)c2)nc2sc3c(c2c1=O)CCCC3. The third kappa shape index (κ3) is 4.11. The number of para-hydroxylation sites is 1. The Bertz CT molecular complexity index is 1420. The van der Waals surface area contributed by atoms with Gasteiger partial charge in [0.05, 0.1) is 5.39 Å². The standard InChI is InChI=1S/C27H27N3O2S/c1-3-18-10-4-6-13-21(18)28-23(31)16-30-25(19-11-8-9-17(2)15-19)29-26-24(27(30)32)20-12-5-7-14-22(20)33-26/h4,6,8-11,13,15H,3,5,7,12,14,16H2,1-2H3,(H,28,31). The number of thiophene rings is 1. The van der Waals surface area contributed by atoms with E-state index >= 15 is 0 Å². The number of nitrogens with one attached hydrogen (secondary N) is 1. The molecule has 0 radical (unpaired) electrons. The maximum Gasteiger partial charge on any atom is 0.263 e. The number of aromatic nitrogens is 2. The maximum absolute atomic E-state index is 13.8. The number of carbonyl (C=O) groups excluding carboxylic acids is 1. The lowest BCUT2D eigenvalue weighted by Gasteiger charge is -2.15. The first-order chi connectivity index (χ1) is 16.0. The molecular weight excluding hydrogens is 430 g/mol. The zero-order chi connectivity index (χ0) is 22.9. The molecule has 0 atom stereocenters. The van der Waals surface area contributed by atoms with Crippen molar-refractivity contribution >= 4 is 33.1 Å². The number of aryl methyl sites for hydroxylation is 4. The number of benzene rings is 2. The molecule has 0 spiro atoms. The van der Waals surface area contributed by atoms with Crippen LogP contribution < -0.4 is 10.9 Å². The number of fused-ring (bicyclic) bond motifs is 3. The lowest BCUT2D eigenvalue weighted by atomic mass is 9.97. The molecule has 1 aliphatic carbocycles. The molecule has 1 aliphatic rings. The highest BCUT2D eigenvalue weighted by atomic mass is 32.1. The highest BCUT2D eigenvalue weighted by Gasteiger charge is 2.23. The summed E-state index contributed by atoms with van der Waals surface area (Å²) in [7, 11) is 0. The molecule has 168 valence electrons. The first kappa shape index (κ1) is 21.6. The Balaban J connectivity index is 1.62. The largest absolute Gasteiger partial charge is 0.324 e. The van der Waals surface area contributed by atoms with Crippen molar-refractivity contribution in [1.82, 2.24) is 9.55 Å². The highest BCUT2D eigenvalue weighted by Crippen LogP contribution is 2.35. The second-order valence-corrected chi connectivity index (χ2v) is 9.73. The van der Waals surface area contributed by atoms with Gasteiger partial charge in [-0.2, -0.15) is 0 Å². The van der Waals surface area contributed by atoms with Gasteiger partial charge in [-0.15, -0.1) is 11.3 Å². The van der Waals surface area contributed by atoms with Gasteiger partial charge in [-0.1, -0.05) is 48.9 Å². The van der Waals surface area contributed by atoms with E-state index in [-0.39, 0.29) is 18.0 Å². The Hall–Kier alpha value is -3.25. The van der Waals surface area contributed by atoms with Gasteiger partial charge in [-0.05, 0) is 62.3 Å². The molecule has 0 aliphatic heterocycles. The number of carbonyl (C=O) groups is 1. The van der Waals surface area contributed by atoms with Crippen LogP contribution in [-0.2, 0) is 30.6 Å². The Morgan fingerprint density at radius 2 is 1.94 bits per heavy atom. The lowest BCUT2D eigenvalue weighted by Crippen LogP contribution is -2.30. The van der Waals surface area contributed by atoms with E-state index < -0.39 is 0 Å². The molecule has 33 heavy (non-hydrogen) atoms. The van der Waals surface area contributed by atoms with E-state index in [2.05, 4.69) is 12.2 Å². The number of hydrogen-bond donors (Lipinski definition) is 1. The van der Waals surface area contributed by atoms with Gasteiger partial charge >= 0.3 is 0 Å². The maximum atomic E-state index is 13.8. The average Bonchev–Trinajstić information content (AvgIpc) is 3.20. The Kier molecular flexibility index (Phi) is 5.85. The Labute approximate surface area is 197 Å². The van der Waals surface area contributed by atoms with Crippen LogP contribution in [0.25, 0.3) is 21.6 Å². The van der Waals surface area contributed by atoms with Gasteiger partial charge in [-0.3, -0.25) is 14.2 Å². The fourth-order valence-corrected chi connectivity index (χ4v) is 5.93. The van der Waals surface area contributed by atoms with Gasteiger partial charge in [0.1, 0.15) is 17.2 Å². The summed E-state index contributed by atoms with van der Waals surface area (Å²) in [6.07, 6.45) is 4.97. The molecule has 2 aromatic heterocycles. The quantitative estimate of drug-likeness (QED) is 0.430. The van der Waals surface area contributed by atoms with E-state index in [4.69, 9.17) is 4.98 Å². The first-order valence-electron chi connectivity index (χ1n) is 11.5. The van der Waals surface area contributed by atoms with Crippen LogP contribution >= 0.6 is 11.3 Å². The van der Waals surface area contributed by atoms with E-state index in [1.165, 1.54) is 4.88 Å². The minimum atomic E-state index is -0.225. The molecule has 0 unspecified atom stereocenters. The fourth-order valence-electron chi connectivity index (χ4n) is 4.67. The third-order valence-electron chi connectivity index (χ3n) is 6.33. The second kappa shape index (κ2) is 8.94. The molecule has 0 bridgehead atoms. The minimum Gasteiger partial charge on any atom is -0.324 e. The smallest absolute Gasteiger partial charge is 0.263 e. The number of anilines is 1. The molecule has 0 fully saturated rings. The molecule has 1 amide bonds. The fraction of sp³-hybridized carbons (Fsp3) is 0.296. The van der Waals surface area contributed by atoms with Crippen molar-refractivity contribution in [3.05, 3.63) is 80.5 Å². The van der Waals surface area contributed by atoms with Gasteiger partial charge < -0.3 is 5.32 Å². The Morgan fingerprint density at radius 1 is 1.12 bits per heavy atom. The molecule has 1 N–H and O–H groups in total. The van der Waals surface area contributed by atoms with Crippen LogP contribution in [0.3, 0.4) is 0 Å². The first-order valence-corrected chi connectivity index (χ1v) is 12.4. The minimum absolute atomic E-state index is 0.0757. The van der Waals surface area contributed by atoms with Crippen LogP contribution in [0.4, 0.5) is 5.69 Å². The van der Waals surface area contributed by atoms with Crippen LogP contribution in [0, 0.1) is 6.92 Å². The van der Waals surface area contributed by atoms with Gasteiger partial charge in [0.15, 0.2) is 0 Å². The number of nitrogens with zero attached hydrogens (tertiary/aromatic N) is 2. The molecule has 6 heteroatoms. The van der Waals surface area contributed by atoms with Crippen molar-refractivity contribution in [2.24, 2.45) is 0 Å². The van der Waals surface area contributed by atoms with Crippen LogP contribution in [0.5, 0.6) is 0 Å². The zero-order valence-electron chi connectivity index (χ0n) is 19.0. The van der Waals surface area contributed by atoms with Crippen LogP contribution in [0.2, 0.25) is 0 Å². The topological polar surface area (TPSA) is 64.0 Å². The summed E-state index contributed by atoms with van der Waals surface area (Å²) in [5.74, 6) is 0.325. The predicted molar refractivity (Wildman–Crippen MR) is 135 cm³/mol. The highest BCUT2D eigenvalue weighted by molar-refractivity contribution is 7.18. The summed E-state index contributed by atoms with van der Waals surface area (Å²) in [5, 5.41) is 3.71. The summed E-state index contributed by atoms with van der Waals surface area (Å²) in [6.45, 7) is 4.00. The summed E-state index contributed by atoms with van der Waals surface area (Å²) in [6, 6.07) is 15.7. The van der Waals surface area contributed by atoms with E-state index in [1.807, 2.05) is 55.5 Å². The van der Waals surface area contributed by atoms with E-state index in [9.17, 15) is 9.59 Å². The van der Waals surface area contributed by atoms with Crippen molar-refractivity contribution in [3.63, 3.8) is 0 Å². The van der Waals surface area contributed by atoms with Crippen molar-refractivity contribution in [3.8, 4) is 11.4 Å². The van der Waals surface area contributed by atoms with Gasteiger partial charge in [0, 0.05) is 16.1 Å². The molecule has 5 rings (SSSR count). The molecule has 0 saturated carbocycles. The average molecular weight is 458 g/mol. The van der Waals surface area contributed by atoms with Gasteiger partial charge in [-0.25, -0.2) is 4.98 Å². The van der Waals surface area contributed by atoms with Gasteiger partial charge in [0.2, 0.25) is 5.91 Å². The zero-order valence-corrected chi connectivity index (χ0v) is 19.8. The third-order valence-corrected chi connectivity index (χ3v) is 7.51. The summed E-state index contributed by atoms with van der Waals surface area (Å²) < 4.78 is 1.56. The molecule has 2 heterocycles. The van der Waals surface area contributed by atoms with Crippen LogP contribution in [-0.4, -0.2) is 15.5 Å². The van der Waals surface area contributed by atoms with E-state index in [0.29, 0.717) is 11.2 Å². The van der Waals surface area contributed by atoms with Crippen LogP contribution in [0.15, 0.2) is 53.3 Å². The summed E-state index contributed by atoms with van der Waals surface area (Å²) >= 11 is 1.64. The molecule has 5 nitrogen and oxygen atoms in total. The number of rotatable bonds is 5. The normalized spacial score (nSPS) is 13.2. The van der Waals surface area contributed by atoms with Crippen molar-refractivity contribution < 1.29 is 4.79 Å². The Morgan fingerprint density at radius 3 is 2.76 bits per heavy atom. The monoisotopic (exact) mass is 457 g/mol. The lowest BCUT2D eigenvalue weighted by molar-refractivity contribution is -0.116. The van der Waals surface area contributed by atoms with Crippen molar-refractivity contribution in [1.29, 1.82) is 0 Å². The summed E-state index contributed by atoms with van der Waals surface area (Å²) in [5.41, 5.74) is 4.81. The van der Waals surface area contributed by atoms with Crippen molar-refractivity contribution in [2.75, 3.05) is 5.32 Å². The van der Waals surface area contributed by atoms with Gasteiger partial charge in [0.25, 0.3) is 5.56 Å². The van der Waals surface area contributed by atoms with Crippen LogP contribution in [0.1, 0.15) is 41.3 Å².